The molecule has 23 heteroatoms. The Balaban J connectivity index is 1.19. The van der Waals surface area contributed by atoms with Crippen molar-refractivity contribution < 1.29 is 37.4 Å². The van der Waals surface area contributed by atoms with Crippen LogP contribution in [0.25, 0.3) is 11.3 Å². The average Bonchev–Trinajstić information content (AvgIpc) is 3.87. The SMILES string of the molecule is CC(F)(CNc1cc(Nc2ccn3ncc(Cl)c3n2)ncc1C(=O)NCC(F)C(C)(C)O)CN(c1cc(NC2CC(F)C2)c(C(=O)NCC(F)C(C)(C)O)cn1)c1ccn2nccc2n1. The smallest absolute Gasteiger partial charge is 0.255 e. The zero-order valence-corrected chi connectivity index (χ0v) is 36.8. The third kappa shape index (κ3) is 11.3. The number of carbonyl (C=O) groups is 2. The van der Waals surface area contributed by atoms with Gasteiger partial charge in [0.2, 0.25) is 0 Å². The van der Waals surface area contributed by atoms with Gasteiger partial charge < -0.3 is 41.7 Å². The van der Waals surface area contributed by atoms with Crippen molar-refractivity contribution in [3.05, 3.63) is 83.7 Å². The molecule has 18 nitrogen and oxygen atoms in total. The lowest BCUT2D eigenvalue weighted by Crippen LogP contribution is -2.43. The number of fused-ring (bicyclic) bond motifs is 2. The molecule has 7 N–H and O–H groups in total. The molecule has 1 aliphatic carbocycles. The molecule has 1 fully saturated rings. The minimum atomic E-state index is -2.18. The first-order chi connectivity index (χ1) is 30.6. The minimum absolute atomic E-state index is 0.000720. The number of amides is 2. The van der Waals surface area contributed by atoms with E-state index in [9.17, 15) is 33.0 Å². The van der Waals surface area contributed by atoms with Crippen LogP contribution in [0.3, 0.4) is 0 Å². The van der Waals surface area contributed by atoms with Gasteiger partial charge in [-0.3, -0.25) is 9.59 Å². The van der Waals surface area contributed by atoms with Crippen molar-refractivity contribution in [2.24, 2.45) is 0 Å². The Morgan fingerprint density at radius 2 is 1.49 bits per heavy atom. The highest BCUT2D eigenvalue weighted by molar-refractivity contribution is 6.33. The van der Waals surface area contributed by atoms with Gasteiger partial charge in [0.25, 0.3) is 11.8 Å². The van der Waals surface area contributed by atoms with Gasteiger partial charge in [-0.2, -0.15) is 10.2 Å². The van der Waals surface area contributed by atoms with E-state index in [1.165, 1.54) is 85.5 Å². The Hall–Kier alpha value is -6.39. The van der Waals surface area contributed by atoms with E-state index in [-0.39, 0.29) is 58.8 Å². The van der Waals surface area contributed by atoms with Crippen molar-refractivity contribution in [2.45, 2.75) is 88.9 Å². The van der Waals surface area contributed by atoms with Crippen molar-refractivity contribution in [1.29, 1.82) is 0 Å². The Kier molecular flexibility index (Phi) is 13.3. The van der Waals surface area contributed by atoms with Gasteiger partial charge in [0, 0.05) is 49.0 Å². The van der Waals surface area contributed by atoms with Crippen molar-refractivity contribution in [3.8, 4) is 0 Å². The summed E-state index contributed by atoms with van der Waals surface area (Å²) in [5, 5.41) is 43.0. The Labute approximate surface area is 375 Å². The van der Waals surface area contributed by atoms with Crippen molar-refractivity contribution in [3.63, 3.8) is 0 Å². The maximum absolute atomic E-state index is 17.3. The molecule has 6 aromatic rings. The van der Waals surface area contributed by atoms with E-state index >= 15 is 4.39 Å². The fourth-order valence-corrected chi connectivity index (χ4v) is 6.80. The monoisotopic (exact) mass is 924 g/mol. The van der Waals surface area contributed by atoms with Crippen LogP contribution in [-0.2, 0) is 0 Å². The highest BCUT2D eigenvalue weighted by Gasteiger charge is 2.34. The second kappa shape index (κ2) is 18.6. The van der Waals surface area contributed by atoms with Gasteiger partial charge in [-0.25, -0.2) is 46.5 Å². The van der Waals surface area contributed by atoms with Crippen molar-refractivity contribution >= 4 is 69.4 Å². The van der Waals surface area contributed by atoms with Gasteiger partial charge in [0.05, 0.1) is 72.3 Å². The number of carbonyl (C=O) groups excluding carboxylic acids is 2. The summed E-state index contributed by atoms with van der Waals surface area (Å²) in [6.07, 6.45) is 4.37. The van der Waals surface area contributed by atoms with E-state index in [1.54, 1.807) is 30.6 Å². The summed E-state index contributed by atoms with van der Waals surface area (Å²) < 4.78 is 63.6. The quantitative estimate of drug-likeness (QED) is 0.0497. The summed E-state index contributed by atoms with van der Waals surface area (Å²) in [7, 11) is 0. The number of halogens is 5. The molecule has 0 saturated heterocycles. The number of anilines is 6. The molecule has 1 aliphatic rings. The summed E-state index contributed by atoms with van der Waals surface area (Å²) in [5.41, 5.74) is -4.60. The Bertz CT molecular complexity index is 2670. The molecular formula is C42H49ClF4N14O4. The van der Waals surface area contributed by atoms with Crippen molar-refractivity contribution in [2.75, 3.05) is 47.0 Å². The Morgan fingerprint density at radius 1 is 0.846 bits per heavy atom. The lowest BCUT2D eigenvalue weighted by molar-refractivity contribution is -0.00209. The second-order valence-electron chi connectivity index (χ2n) is 17.2. The largest absolute Gasteiger partial charge is 0.387 e. The molecule has 6 aromatic heterocycles. The number of alkyl halides is 4. The number of aliphatic hydroxyl groups is 2. The van der Waals surface area contributed by atoms with E-state index in [0.717, 1.165) is 0 Å². The molecule has 65 heavy (non-hydrogen) atoms. The summed E-state index contributed by atoms with van der Waals surface area (Å²) in [6.45, 7) is 4.50. The van der Waals surface area contributed by atoms with E-state index in [1.807, 2.05) is 0 Å². The van der Waals surface area contributed by atoms with E-state index in [2.05, 4.69) is 56.7 Å². The molecule has 0 aromatic carbocycles. The highest BCUT2D eigenvalue weighted by Crippen LogP contribution is 2.34. The van der Waals surface area contributed by atoms with Crippen LogP contribution >= 0.6 is 11.6 Å². The summed E-state index contributed by atoms with van der Waals surface area (Å²) in [5.74, 6) is -0.590. The minimum Gasteiger partial charge on any atom is -0.387 e. The number of hydrogen-bond acceptors (Lipinski definition) is 14. The maximum Gasteiger partial charge on any atom is 0.255 e. The van der Waals surface area contributed by atoms with Gasteiger partial charge in [-0.05, 0) is 59.6 Å². The third-order valence-corrected chi connectivity index (χ3v) is 10.9. The van der Waals surface area contributed by atoms with Crippen LogP contribution in [0.2, 0.25) is 5.02 Å². The predicted octanol–water partition coefficient (Wildman–Crippen LogP) is 5.53. The molecule has 7 rings (SSSR count). The molecule has 0 radical (unpaired) electrons. The molecular weight excluding hydrogens is 876 g/mol. The first-order valence-electron chi connectivity index (χ1n) is 20.6. The molecule has 3 atom stereocenters. The van der Waals surface area contributed by atoms with Crippen LogP contribution < -0.4 is 31.5 Å². The average molecular weight is 925 g/mol. The standard InChI is InChI=1S/C42H49ClF4N14O4/c1-40(2,64)30(45)19-50-38(62)25-16-48-33(56-32-7-10-61-37(57-32)27(43)18-54-61)14-28(25)52-21-42(5,47)22-59(34-8-11-60-35(58-34)6-9-53-60)36-15-29(55-24-12-23(44)13-24)26(17-49-36)39(63)51-20-31(46)41(3,4)65/h6-11,14-18,23-24,30-31,64-65H,12-13,19-22H2,1-5H3,(H,49,55)(H,50,62)(H,51,63)(H2,48,52,56,57). The first kappa shape index (κ1) is 46.6. The zero-order chi connectivity index (χ0) is 46.8. The number of nitrogens with zero attached hydrogens (tertiary/aromatic N) is 9. The van der Waals surface area contributed by atoms with Crippen LogP contribution in [0.5, 0.6) is 0 Å². The maximum atomic E-state index is 17.3. The van der Waals surface area contributed by atoms with Gasteiger partial charge in [-0.15, -0.1) is 0 Å². The molecule has 1 saturated carbocycles. The number of pyridine rings is 2. The van der Waals surface area contributed by atoms with E-state index in [4.69, 9.17) is 11.6 Å². The fourth-order valence-electron chi connectivity index (χ4n) is 6.62. The molecule has 346 valence electrons. The Morgan fingerprint density at radius 3 is 2.15 bits per heavy atom. The normalized spacial score (nSPS) is 17.2. The number of aromatic nitrogens is 8. The molecule has 3 unspecified atom stereocenters. The zero-order valence-electron chi connectivity index (χ0n) is 36.0. The van der Waals surface area contributed by atoms with Crippen LogP contribution in [0.15, 0.2) is 67.5 Å². The van der Waals surface area contributed by atoms with Crippen LogP contribution in [0.1, 0.15) is 68.2 Å². The summed E-state index contributed by atoms with van der Waals surface area (Å²) in [6, 6.07) is 7.45. The lowest BCUT2D eigenvalue weighted by atomic mass is 9.90. The molecule has 0 spiro atoms. The topological polar surface area (TPSA) is 224 Å². The molecule has 0 bridgehead atoms. The molecule has 2 amide bonds. The van der Waals surface area contributed by atoms with Gasteiger partial charge in [0.1, 0.15) is 52.5 Å². The number of rotatable bonds is 19. The van der Waals surface area contributed by atoms with Gasteiger partial charge >= 0.3 is 0 Å². The molecule has 0 aliphatic heterocycles. The predicted molar refractivity (Wildman–Crippen MR) is 236 cm³/mol. The summed E-state index contributed by atoms with van der Waals surface area (Å²) in [4.78, 5) is 46.4. The van der Waals surface area contributed by atoms with Gasteiger partial charge in [0.15, 0.2) is 11.3 Å². The molecule has 6 heterocycles. The van der Waals surface area contributed by atoms with Crippen LogP contribution in [0, 0.1) is 0 Å². The van der Waals surface area contributed by atoms with Crippen LogP contribution in [-0.4, -0.2) is 129 Å². The van der Waals surface area contributed by atoms with E-state index < -0.39 is 73.4 Å². The summed E-state index contributed by atoms with van der Waals surface area (Å²) >= 11 is 6.23. The van der Waals surface area contributed by atoms with E-state index in [0.29, 0.717) is 22.1 Å². The number of nitrogens with one attached hydrogen (secondary N) is 5. The van der Waals surface area contributed by atoms with Crippen LogP contribution in [0.4, 0.5) is 52.2 Å². The van der Waals surface area contributed by atoms with Gasteiger partial charge in [-0.1, -0.05) is 11.6 Å². The lowest BCUT2D eigenvalue weighted by Gasteiger charge is -2.33. The number of hydrogen-bond donors (Lipinski definition) is 7. The fraction of sp³-hybridized carbons (Fsp3) is 0.429. The first-order valence-corrected chi connectivity index (χ1v) is 21.0. The third-order valence-electron chi connectivity index (χ3n) is 10.7. The highest BCUT2D eigenvalue weighted by atomic mass is 35.5. The second-order valence-corrected chi connectivity index (χ2v) is 17.7. The van der Waals surface area contributed by atoms with Crippen molar-refractivity contribution in [1.82, 2.24) is 49.8 Å².